The number of nitrogen functional groups attached to an aromatic ring is 1. The first kappa shape index (κ1) is 13.8. The first-order valence-electron chi connectivity index (χ1n) is 6.29. The second-order valence-electron chi connectivity index (χ2n) is 4.88. The normalized spacial score (nSPS) is 23.4. The second-order valence-corrected chi connectivity index (χ2v) is 4.88. The number of hydrogen-bond acceptors (Lipinski definition) is 5. The number of ether oxygens (including phenoxy) is 1. The van der Waals surface area contributed by atoms with Crippen molar-refractivity contribution in [2.24, 2.45) is 0 Å². The first-order chi connectivity index (χ1) is 8.99. The number of nitrogens with zero attached hydrogens (tertiary/aromatic N) is 2. The van der Waals surface area contributed by atoms with Gasteiger partial charge in [0.15, 0.2) is 0 Å². The summed E-state index contributed by atoms with van der Waals surface area (Å²) in [4.78, 5) is 18.2. The second kappa shape index (κ2) is 5.54. The minimum atomic E-state index is -0.326. The van der Waals surface area contributed by atoms with E-state index in [0.29, 0.717) is 30.2 Å². The lowest BCUT2D eigenvalue weighted by Gasteiger charge is -2.36. The number of morpholine rings is 1. The molecule has 0 spiro atoms. The molecule has 104 valence electrons. The fourth-order valence-corrected chi connectivity index (χ4v) is 2.31. The number of pyridine rings is 1. The van der Waals surface area contributed by atoms with Gasteiger partial charge >= 0.3 is 0 Å². The molecule has 0 radical (unpaired) electrons. The Morgan fingerprint density at radius 1 is 1.58 bits per heavy atom. The van der Waals surface area contributed by atoms with Crippen molar-refractivity contribution in [3.8, 4) is 0 Å². The van der Waals surface area contributed by atoms with Crippen molar-refractivity contribution in [1.29, 1.82) is 0 Å². The van der Waals surface area contributed by atoms with E-state index in [1.807, 2.05) is 6.92 Å². The number of aliphatic hydroxyl groups is 1. The van der Waals surface area contributed by atoms with E-state index in [1.165, 1.54) is 0 Å². The van der Waals surface area contributed by atoms with Crippen LogP contribution in [-0.2, 0) is 4.74 Å². The summed E-state index contributed by atoms with van der Waals surface area (Å²) in [5, 5.41) is 9.17. The largest absolute Gasteiger partial charge is 0.394 e. The van der Waals surface area contributed by atoms with Gasteiger partial charge in [0.1, 0.15) is 5.82 Å². The molecule has 2 rings (SSSR count). The molecule has 1 aliphatic rings. The molecule has 0 aliphatic carbocycles. The summed E-state index contributed by atoms with van der Waals surface area (Å²) in [5.41, 5.74) is 6.90. The molecule has 0 aromatic carbocycles. The molecular weight excluding hydrogens is 246 g/mol. The van der Waals surface area contributed by atoms with E-state index in [9.17, 15) is 9.90 Å². The average Bonchev–Trinajstić information content (AvgIpc) is 2.35. The first-order valence-corrected chi connectivity index (χ1v) is 6.29. The van der Waals surface area contributed by atoms with Crippen LogP contribution < -0.4 is 5.73 Å². The summed E-state index contributed by atoms with van der Waals surface area (Å²) < 4.78 is 5.52. The Kier molecular flexibility index (Phi) is 4.01. The third-order valence-electron chi connectivity index (χ3n) is 3.04. The highest BCUT2D eigenvalue weighted by atomic mass is 16.5. The van der Waals surface area contributed by atoms with Crippen LogP contribution in [0.15, 0.2) is 12.1 Å². The maximum atomic E-state index is 12.4. The van der Waals surface area contributed by atoms with Crippen LogP contribution in [0.4, 0.5) is 5.82 Å². The van der Waals surface area contributed by atoms with Gasteiger partial charge in [0, 0.05) is 24.3 Å². The number of amides is 1. The molecule has 1 aromatic rings. The molecule has 6 nitrogen and oxygen atoms in total. The summed E-state index contributed by atoms with van der Waals surface area (Å²) in [7, 11) is 0. The van der Waals surface area contributed by atoms with Crippen molar-refractivity contribution in [3.63, 3.8) is 0 Å². The summed E-state index contributed by atoms with van der Waals surface area (Å²) in [6.45, 7) is 4.49. The van der Waals surface area contributed by atoms with Gasteiger partial charge in [-0.05, 0) is 26.0 Å². The van der Waals surface area contributed by atoms with Gasteiger partial charge in [-0.25, -0.2) is 4.98 Å². The Morgan fingerprint density at radius 2 is 2.32 bits per heavy atom. The SMILES string of the molecule is Cc1cc(C(=O)N2CC(C)OC(CO)C2)cc(N)n1. The number of carbonyl (C=O) groups excluding carboxylic acids is 1. The van der Waals surface area contributed by atoms with E-state index in [4.69, 9.17) is 10.5 Å². The zero-order valence-corrected chi connectivity index (χ0v) is 11.2. The van der Waals surface area contributed by atoms with E-state index < -0.39 is 0 Å². The zero-order chi connectivity index (χ0) is 14.0. The van der Waals surface area contributed by atoms with E-state index in [0.717, 1.165) is 0 Å². The molecule has 2 atom stereocenters. The van der Waals surface area contributed by atoms with Crippen molar-refractivity contribution in [3.05, 3.63) is 23.4 Å². The molecule has 1 aromatic heterocycles. The number of anilines is 1. The molecule has 1 aliphatic heterocycles. The lowest BCUT2D eigenvalue weighted by molar-refractivity contribution is -0.0858. The number of aryl methyl sites for hydroxylation is 1. The third kappa shape index (κ3) is 3.21. The van der Waals surface area contributed by atoms with Crippen LogP contribution in [0.1, 0.15) is 23.0 Å². The fraction of sp³-hybridized carbons (Fsp3) is 0.538. The molecule has 0 saturated carbocycles. The Labute approximate surface area is 112 Å². The maximum absolute atomic E-state index is 12.4. The van der Waals surface area contributed by atoms with Crippen LogP contribution >= 0.6 is 0 Å². The standard InChI is InChI=1S/C13H19N3O3/c1-8-3-10(4-12(14)15-8)13(18)16-5-9(2)19-11(6-16)7-17/h3-4,9,11,17H,5-7H2,1-2H3,(H2,14,15). The molecule has 2 heterocycles. The number of rotatable bonds is 2. The Morgan fingerprint density at radius 3 is 2.95 bits per heavy atom. The quantitative estimate of drug-likeness (QED) is 0.797. The number of nitrogens with two attached hydrogens (primary N) is 1. The van der Waals surface area contributed by atoms with Gasteiger partial charge in [0.05, 0.1) is 18.8 Å². The van der Waals surface area contributed by atoms with Crippen molar-refractivity contribution in [2.45, 2.75) is 26.1 Å². The fourth-order valence-electron chi connectivity index (χ4n) is 2.31. The molecule has 19 heavy (non-hydrogen) atoms. The van der Waals surface area contributed by atoms with Gasteiger partial charge in [0.2, 0.25) is 0 Å². The Balaban J connectivity index is 2.18. The van der Waals surface area contributed by atoms with Gasteiger partial charge in [-0.3, -0.25) is 4.79 Å². The van der Waals surface area contributed by atoms with E-state index in [-0.39, 0.29) is 24.7 Å². The number of aromatic nitrogens is 1. The Bertz CT molecular complexity index is 458. The van der Waals surface area contributed by atoms with E-state index in [1.54, 1.807) is 24.0 Å². The van der Waals surface area contributed by atoms with Crippen LogP contribution in [0.25, 0.3) is 0 Å². The van der Waals surface area contributed by atoms with Crippen molar-refractivity contribution in [1.82, 2.24) is 9.88 Å². The molecule has 2 unspecified atom stereocenters. The molecule has 3 N–H and O–H groups in total. The molecule has 1 amide bonds. The third-order valence-corrected chi connectivity index (χ3v) is 3.04. The van der Waals surface area contributed by atoms with Crippen LogP contribution in [0.2, 0.25) is 0 Å². The Hall–Kier alpha value is -1.66. The van der Waals surface area contributed by atoms with Crippen LogP contribution in [0.5, 0.6) is 0 Å². The monoisotopic (exact) mass is 265 g/mol. The minimum absolute atomic E-state index is 0.0878. The highest BCUT2D eigenvalue weighted by Crippen LogP contribution is 2.16. The van der Waals surface area contributed by atoms with Gasteiger partial charge in [-0.15, -0.1) is 0 Å². The van der Waals surface area contributed by atoms with Crippen molar-refractivity contribution >= 4 is 11.7 Å². The molecule has 0 bridgehead atoms. The molecule has 1 fully saturated rings. The number of carbonyl (C=O) groups is 1. The van der Waals surface area contributed by atoms with Crippen LogP contribution in [0, 0.1) is 6.92 Å². The summed E-state index contributed by atoms with van der Waals surface area (Å²) >= 11 is 0. The van der Waals surface area contributed by atoms with Crippen LogP contribution in [-0.4, -0.2) is 52.8 Å². The lowest BCUT2D eigenvalue weighted by Crippen LogP contribution is -2.50. The minimum Gasteiger partial charge on any atom is -0.394 e. The number of hydrogen-bond donors (Lipinski definition) is 2. The van der Waals surface area contributed by atoms with Gasteiger partial charge in [-0.2, -0.15) is 0 Å². The topological polar surface area (TPSA) is 88.7 Å². The summed E-state index contributed by atoms with van der Waals surface area (Å²) in [6, 6.07) is 3.29. The van der Waals surface area contributed by atoms with E-state index >= 15 is 0 Å². The molecular formula is C13H19N3O3. The van der Waals surface area contributed by atoms with Gasteiger partial charge in [-0.1, -0.05) is 0 Å². The van der Waals surface area contributed by atoms with Crippen LogP contribution in [0.3, 0.4) is 0 Å². The predicted molar refractivity (Wildman–Crippen MR) is 70.7 cm³/mol. The maximum Gasteiger partial charge on any atom is 0.254 e. The predicted octanol–water partition coefficient (Wildman–Crippen LogP) is 0.194. The number of aliphatic hydroxyl groups excluding tert-OH is 1. The summed E-state index contributed by atoms with van der Waals surface area (Å²) in [5.74, 6) is 0.231. The summed E-state index contributed by atoms with van der Waals surface area (Å²) in [6.07, 6.45) is -0.414. The van der Waals surface area contributed by atoms with Crippen molar-refractivity contribution in [2.75, 3.05) is 25.4 Å². The van der Waals surface area contributed by atoms with Crippen molar-refractivity contribution < 1.29 is 14.6 Å². The van der Waals surface area contributed by atoms with Gasteiger partial charge in [0.25, 0.3) is 5.91 Å². The lowest BCUT2D eigenvalue weighted by atomic mass is 10.1. The van der Waals surface area contributed by atoms with Gasteiger partial charge < -0.3 is 20.5 Å². The molecule has 6 heteroatoms. The highest BCUT2D eigenvalue weighted by molar-refractivity contribution is 5.95. The average molecular weight is 265 g/mol. The smallest absolute Gasteiger partial charge is 0.254 e. The van der Waals surface area contributed by atoms with E-state index in [2.05, 4.69) is 4.98 Å². The highest BCUT2D eigenvalue weighted by Gasteiger charge is 2.28. The zero-order valence-electron chi connectivity index (χ0n) is 11.2. The molecule has 1 saturated heterocycles.